The number of alkyl halides is 3. The normalized spacial score (nSPS) is 12.7. The van der Waals surface area contributed by atoms with Crippen LogP contribution in [-0.2, 0) is 19.9 Å². The third-order valence-electron chi connectivity index (χ3n) is 5.73. The zero-order valence-electron chi connectivity index (χ0n) is 20.6. The fraction of sp³-hybridized carbons (Fsp3) is 0.172. The van der Waals surface area contributed by atoms with Crippen LogP contribution in [-0.4, -0.2) is 15.0 Å². The van der Waals surface area contributed by atoms with Crippen LogP contribution in [0.2, 0.25) is 0 Å². The van der Waals surface area contributed by atoms with Crippen LogP contribution in [0.15, 0.2) is 129 Å². The molecule has 9 heteroatoms. The van der Waals surface area contributed by atoms with Crippen molar-refractivity contribution in [2.24, 2.45) is 0 Å². The van der Waals surface area contributed by atoms with E-state index in [4.69, 9.17) is 8.37 Å². The van der Waals surface area contributed by atoms with Crippen molar-refractivity contribution in [1.29, 1.82) is 0 Å². The number of unbranched alkanes of at least 4 members (excludes halogenated alkanes) is 1. The van der Waals surface area contributed by atoms with Gasteiger partial charge in [0.25, 0.3) is 0 Å². The van der Waals surface area contributed by atoms with Crippen LogP contribution in [0.1, 0.15) is 25.3 Å². The summed E-state index contributed by atoms with van der Waals surface area (Å²) >= 11 is 0. The van der Waals surface area contributed by atoms with Crippen LogP contribution in [0, 0.1) is 0 Å². The Morgan fingerprint density at radius 2 is 1.21 bits per heavy atom. The van der Waals surface area contributed by atoms with E-state index in [0.717, 1.165) is 37.1 Å². The van der Waals surface area contributed by atoms with Gasteiger partial charge >= 0.3 is 16.3 Å². The Hall–Kier alpha value is -3.27. The second kappa shape index (κ2) is 11.6. The summed E-state index contributed by atoms with van der Waals surface area (Å²) in [6, 6.07) is 28.3. The van der Waals surface area contributed by atoms with Gasteiger partial charge in [0.05, 0.1) is 22.0 Å². The molecule has 4 rings (SSSR count). The molecule has 0 aromatic heterocycles. The van der Waals surface area contributed by atoms with Gasteiger partial charge in [-0.2, -0.15) is 21.6 Å². The van der Waals surface area contributed by atoms with Crippen molar-refractivity contribution >= 4 is 20.4 Å². The van der Waals surface area contributed by atoms with Gasteiger partial charge in [0.1, 0.15) is 5.75 Å². The molecule has 4 aromatic carbocycles. The lowest BCUT2D eigenvalue weighted by Crippen LogP contribution is -2.16. The SMILES string of the molecule is CCCCOc1ccccc1S(OS(=O)(=O)c1ccc(C(F)(F)F)cc1)(c1ccccc1)c1ccccc1. The van der Waals surface area contributed by atoms with Crippen molar-refractivity contribution in [3.05, 3.63) is 115 Å². The van der Waals surface area contributed by atoms with Gasteiger partial charge < -0.3 is 4.74 Å². The maximum atomic E-state index is 13.8. The average molecular weight is 561 g/mol. The van der Waals surface area contributed by atoms with E-state index in [0.29, 0.717) is 27.0 Å². The summed E-state index contributed by atoms with van der Waals surface area (Å²) in [5.41, 5.74) is -0.948. The highest BCUT2D eigenvalue weighted by Gasteiger charge is 2.40. The molecule has 0 aliphatic heterocycles. The summed E-state index contributed by atoms with van der Waals surface area (Å²) in [6.07, 6.45) is -2.88. The van der Waals surface area contributed by atoms with Gasteiger partial charge in [0, 0.05) is 9.79 Å². The Bertz CT molecular complexity index is 1400. The van der Waals surface area contributed by atoms with Gasteiger partial charge in [-0.1, -0.05) is 61.9 Å². The highest BCUT2D eigenvalue weighted by atomic mass is 32.3. The zero-order valence-corrected chi connectivity index (χ0v) is 22.2. The maximum Gasteiger partial charge on any atom is 0.416 e. The summed E-state index contributed by atoms with van der Waals surface area (Å²) in [4.78, 5) is 1.34. The fourth-order valence-electron chi connectivity index (χ4n) is 3.85. The fourth-order valence-corrected chi connectivity index (χ4v) is 9.17. The Morgan fingerprint density at radius 3 is 1.74 bits per heavy atom. The molecule has 0 saturated carbocycles. The van der Waals surface area contributed by atoms with Gasteiger partial charge in [0.15, 0.2) is 0 Å². The lowest BCUT2D eigenvalue weighted by Gasteiger charge is -2.40. The number of benzene rings is 4. The smallest absolute Gasteiger partial charge is 0.416 e. The molecule has 200 valence electrons. The van der Waals surface area contributed by atoms with Crippen LogP contribution in [0.5, 0.6) is 5.75 Å². The van der Waals surface area contributed by atoms with E-state index in [-0.39, 0.29) is 4.90 Å². The average Bonchev–Trinajstić information content (AvgIpc) is 2.93. The van der Waals surface area contributed by atoms with Gasteiger partial charge in [-0.3, -0.25) is 0 Å². The molecule has 0 amide bonds. The minimum atomic E-state index is -4.60. The van der Waals surface area contributed by atoms with Gasteiger partial charge in [0.2, 0.25) is 0 Å². The minimum Gasteiger partial charge on any atom is -0.492 e. The molecule has 0 aliphatic carbocycles. The van der Waals surface area contributed by atoms with E-state index in [1.807, 2.05) is 19.1 Å². The van der Waals surface area contributed by atoms with Gasteiger partial charge in [-0.15, -0.1) is 0 Å². The minimum absolute atomic E-state index is 0.376. The third kappa shape index (κ3) is 5.90. The molecule has 4 aromatic rings. The Labute approximate surface area is 222 Å². The Kier molecular flexibility index (Phi) is 8.50. The number of hydrogen-bond donors (Lipinski definition) is 0. The molecule has 0 N–H and O–H groups in total. The molecule has 0 unspecified atom stereocenters. The topological polar surface area (TPSA) is 52.6 Å². The van der Waals surface area contributed by atoms with Gasteiger partial charge in [-0.05, 0) is 77.4 Å². The highest BCUT2D eigenvalue weighted by molar-refractivity contribution is 8.33. The Balaban J connectivity index is 1.95. The van der Waals surface area contributed by atoms with Crippen LogP contribution in [0.4, 0.5) is 13.2 Å². The number of ether oxygens (including phenoxy) is 1. The maximum absolute atomic E-state index is 13.8. The molecule has 0 aliphatic rings. The van der Waals surface area contributed by atoms with Crippen molar-refractivity contribution in [2.45, 2.75) is 45.5 Å². The molecule has 0 atom stereocenters. The predicted molar refractivity (Wildman–Crippen MR) is 142 cm³/mol. The van der Waals surface area contributed by atoms with E-state index >= 15 is 0 Å². The number of halogens is 3. The van der Waals surface area contributed by atoms with E-state index in [1.165, 1.54) is 0 Å². The number of rotatable bonds is 10. The standard InChI is InChI=1S/C29H27F3O4S2/c1-2-3-22-35-27-16-10-11-17-28(27)37(24-12-6-4-7-13-24,25-14-8-5-9-15-25)36-38(33,34)26-20-18-23(19-21-26)29(30,31)32/h4-21H,2-3,22H2,1H3. The van der Waals surface area contributed by atoms with Crippen molar-refractivity contribution in [3.8, 4) is 5.75 Å². The molecule has 0 spiro atoms. The van der Waals surface area contributed by atoms with Crippen LogP contribution < -0.4 is 4.74 Å². The third-order valence-corrected chi connectivity index (χ3v) is 10.9. The molecular formula is C29H27F3O4S2. The molecule has 0 radical (unpaired) electrons. The quantitative estimate of drug-likeness (QED) is 0.183. The van der Waals surface area contributed by atoms with Crippen molar-refractivity contribution < 1.29 is 30.0 Å². The zero-order chi connectivity index (χ0) is 27.2. The summed E-state index contributed by atoms with van der Waals surface area (Å²) in [7, 11) is -7.53. The molecule has 0 fully saturated rings. The first-order chi connectivity index (χ1) is 18.2. The molecule has 0 saturated heterocycles. The van der Waals surface area contributed by atoms with E-state index in [2.05, 4.69) is 0 Å². The van der Waals surface area contributed by atoms with Crippen LogP contribution >= 0.6 is 10.3 Å². The van der Waals surface area contributed by atoms with E-state index in [1.54, 1.807) is 72.8 Å². The number of hydrogen-bond acceptors (Lipinski definition) is 4. The summed E-state index contributed by atoms with van der Waals surface area (Å²) < 4.78 is 79.3. The first-order valence-corrected chi connectivity index (χ1v) is 14.9. The lowest BCUT2D eigenvalue weighted by molar-refractivity contribution is -0.137. The number of para-hydroxylation sites is 1. The largest absolute Gasteiger partial charge is 0.492 e. The lowest BCUT2D eigenvalue weighted by atomic mass is 10.2. The molecule has 38 heavy (non-hydrogen) atoms. The highest BCUT2D eigenvalue weighted by Crippen LogP contribution is 2.72. The van der Waals surface area contributed by atoms with Crippen molar-refractivity contribution in [1.82, 2.24) is 0 Å². The van der Waals surface area contributed by atoms with Crippen LogP contribution in [0.3, 0.4) is 0 Å². The molecule has 0 bridgehead atoms. The molecule has 4 nitrogen and oxygen atoms in total. The van der Waals surface area contributed by atoms with E-state index < -0.39 is 32.2 Å². The Morgan fingerprint density at radius 1 is 0.684 bits per heavy atom. The first-order valence-electron chi connectivity index (χ1n) is 12.0. The summed E-state index contributed by atoms with van der Waals surface area (Å²) in [5, 5.41) is 0. The van der Waals surface area contributed by atoms with Crippen molar-refractivity contribution in [3.63, 3.8) is 0 Å². The van der Waals surface area contributed by atoms with E-state index in [9.17, 15) is 21.6 Å². The second-order valence-corrected chi connectivity index (χ2v) is 12.8. The van der Waals surface area contributed by atoms with Crippen LogP contribution in [0.25, 0.3) is 0 Å². The monoisotopic (exact) mass is 560 g/mol. The van der Waals surface area contributed by atoms with Gasteiger partial charge in [-0.25, -0.2) is 3.63 Å². The first kappa shape index (κ1) is 27.8. The molecule has 0 heterocycles. The predicted octanol–water partition coefficient (Wildman–Crippen LogP) is 8.49. The summed E-state index contributed by atoms with van der Waals surface area (Å²) in [6.45, 7) is 2.47. The van der Waals surface area contributed by atoms with Crippen molar-refractivity contribution in [2.75, 3.05) is 6.61 Å². The molecular weight excluding hydrogens is 533 g/mol. The second-order valence-electron chi connectivity index (χ2n) is 8.38. The summed E-state index contributed by atoms with van der Waals surface area (Å²) in [5.74, 6) is 0.478.